The molecular weight excluding hydrogens is 248 g/mol. The van der Waals surface area contributed by atoms with Crippen LogP contribution < -0.4 is 5.32 Å². The second-order valence-corrected chi connectivity index (χ2v) is 5.41. The third-order valence-electron chi connectivity index (χ3n) is 3.98. The van der Waals surface area contributed by atoms with Crippen LogP contribution in [0.15, 0.2) is 18.2 Å². The zero-order chi connectivity index (χ0) is 13.8. The lowest BCUT2D eigenvalue weighted by Gasteiger charge is -2.29. The van der Waals surface area contributed by atoms with Gasteiger partial charge in [-0.3, -0.25) is 0 Å². The zero-order valence-corrected chi connectivity index (χ0v) is 11.2. The van der Waals surface area contributed by atoms with Crippen LogP contribution in [-0.2, 0) is 0 Å². The number of halogens is 2. The first-order valence-corrected chi connectivity index (χ1v) is 6.94. The van der Waals surface area contributed by atoms with Crippen LogP contribution in [0.25, 0.3) is 0 Å². The number of aliphatic hydroxyl groups excluding tert-OH is 1. The highest BCUT2D eigenvalue weighted by molar-refractivity contribution is 5.21. The summed E-state index contributed by atoms with van der Waals surface area (Å²) in [6.45, 7) is 2.52. The van der Waals surface area contributed by atoms with Crippen LogP contribution in [0, 0.1) is 17.6 Å². The fourth-order valence-corrected chi connectivity index (χ4v) is 2.72. The molecule has 1 fully saturated rings. The Morgan fingerprint density at radius 2 is 2.05 bits per heavy atom. The molecule has 0 amide bonds. The van der Waals surface area contributed by atoms with E-state index < -0.39 is 11.6 Å². The Balaban J connectivity index is 1.91. The number of rotatable bonds is 4. The average molecular weight is 269 g/mol. The molecule has 0 spiro atoms. The summed E-state index contributed by atoms with van der Waals surface area (Å²) >= 11 is 0. The third-order valence-corrected chi connectivity index (χ3v) is 3.98. The maximum Gasteiger partial charge on any atom is 0.130 e. The Morgan fingerprint density at radius 3 is 2.74 bits per heavy atom. The van der Waals surface area contributed by atoms with Crippen molar-refractivity contribution in [1.29, 1.82) is 0 Å². The summed E-state index contributed by atoms with van der Waals surface area (Å²) in [7, 11) is 0. The summed E-state index contributed by atoms with van der Waals surface area (Å²) in [6, 6.07) is 3.46. The van der Waals surface area contributed by atoms with Gasteiger partial charge in [0.15, 0.2) is 0 Å². The van der Waals surface area contributed by atoms with Crippen molar-refractivity contribution in [2.75, 3.05) is 6.54 Å². The van der Waals surface area contributed by atoms with Crippen LogP contribution in [0.1, 0.15) is 44.2 Å². The van der Waals surface area contributed by atoms with Gasteiger partial charge in [-0.1, -0.05) is 18.9 Å². The molecule has 1 aliphatic carbocycles. The van der Waals surface area contributed by atoms with Gasteiger partial charge in [-0.25, -0.2) is 8.78 Å². The zero-order valence-electron chi connectivity index (χ0n) is 11.2. The van der Waals surface area contributed by atoms with Crippen molar-refractivity contribution in [2.45, 2.75) is 44.8 Å². The summed E-state index contributed by atoms with van der Waals surface area (Å²) in [6.07, 6.45) is 3.83. The van der Waals surface area contributed by atoms with Crippen LogP contribution in [0.5, 0.6) is 0 Å². The van der Waals surface area contributed by atoms with E-state index in [9.17, 15) is 13.9 Å². The highest BCUT2D eigenvalue weighted by atomic mass is 19.1. The van der Waals surface area contributed by atoms with E-state index in [-0.39, 0.29) is 18.1 Å². The first-order chi connectivity index (χ1) is 9.08. The standard InChI is InChI=1S/C15H21F2NO/c1-10(13-7-6-12(16)8-14(13)17)18-9-11-4-2-3-5-15(11)19/h6-8,10-11,15,18-19H,2-5,9H2,1H3. The number of hydrogen-bond acceptors (Lipinski definition) is 2. The number of benzene rings is 1. The van der Waals surface area contributed by atoms with Crippen LogP contribution in [0.2, 0.25) is 0 Å². The topological polar surface area (TPSA) is 32.3 Å². The van der Waals surface area contributed by atoms with Gasteiger partial charge in [-0.05, 0) is 31.7 Å². The minimum absolute atomic E-state index is 0.185. The Kier molecular flexibility index (Phi) is 4.88. The van der Waals surface area contributed by atoms with E-state index in [0.29, 0.717) is 12.1 Å². The molecule has 0 radical (unpaired) electrons. The van der Waals surface area contributed by atoms with Gasteiger partial charge in [0, 0.05) is 24.2 Å². The molecule has 1 aromatic rings. The Morgan fingerprint density at radius 1 is 1.32 bits per heavy atom. The second kappa shape index (κ2) is 6.44. The predicted molar refractivity (Wildman–Crippen MR) is 70.7 cm³/mol. The lowest BCUT2D eigenvalue weighted by Crippen LogP contribution is -2.35. The molecule has 0 heterocycles. The SMILES string of the molecule is CC(NCC1CCCCC1O)c1ccc(F)cc1F. The second-order valence-electron chi connectivity index (χ2n) is 5.41. The molecular formula is C15H21F2NO. The molecule has 2 nitrogen and oxygen atoms in total. The van der Waals surface area contributed by atoms with Crippen molar-refractivity contribution >= 4 is 0 Å². The summed E-state index contributed by atoms with van der Waals surface area (Å²) in [5.41, 5.74) is 0.465. The highest BCUT2D eigenvalue weighted by Crippen LogP contribution is 2.25. The van der Waals surface area contributed by atoms with E-state index in [2.05, 4.69) is 5.32 Å². The van der Waals surface area contributed by atoms with E-state index in [0.717, 1.165) is 31.7 Å². The van der Waals surface area contributed by atoms with Gasteiger partial charge < -0.3 is 10.4 Å². The molecule has 0 bridgehead atoms. The molecule has 0 aliphatic heterocycles. The summed E-state index contributed by atoms with van der Waals surface area (Å²) in [4.78, 5) is 0. The number of aliphatic hydroxyl groups is 1. The molecule has 0 aromatic heterocycles. The number of nitrogens with one attached hydrogen (secondary N) is 1. The fourth-order valence-electron chi connectivity index (χ4n) is 2.72. The van der Waals surface area contributed by atoms with Crippen molar-refractivity contribution in [3.05, 3.63) is 35.4 Å². The predicted octanol–water partition coefficient (Wildman–Crippen LogP) is 3.17. The van der Waals surface area contributed by atoms with Gasteiger partial charge in [0.1, 0.15) is 11.6 Å². The fraction of sp³-hybridized carbons (Fsp3) is 0.600. The van der Waals surface area contributed by atoms with Gasteiger partial charge in [0.05, 0.1) is 6.10 Å². The molecule has 4 heteroatoms. The molecule has 3 unspecified atom stereocenters. The smallest absolute Gasteiger partial charge is 0.130 e. The first-order valence-electron chi connectivity index (χ1n) is 6.94. The van der Waals surface area contributed by atoms with Crippen molar-refractivity contribution in [3.63, 3.8) is 0 Å². The minimum Gasteiger partial charge on any atom is -0.393 e. The number of hydrogen-bond donors (Lipinski definition) is 2. The van der Waals surface area contributed by atoms with E-state index in [1.54, 1.807) is 0 Å². The molecule has 0 saturated heterocycles. The summed E-state index contributed by atoms with van der Waals surface area (Å²) in [5.74, 6) is -0.847. The van der Waals surface area contributed by atoms with Gasteiger partial charge in [-0.15, -0.1) is 0 Å². The van der Waals surface area contributed by atoms with E-state index in [4.69, 9.17) is 0 Å². The molecule has 1 aliphatic rings. The van der Waals surface area contributed by atoms with Crippen LogP contribution in [0.3, 0.4) is 0 Å². The maximum absolute atomic E-state index is 13.6. The Bertz CT molecular complexity index is 425. The van der Waals surface area contributed by atoms with Crippen molar-refractivity contribution in [2.24, 2.45) is 5.92 Å². The van der Waals surface area contributed by atoms with E-state index in [1.165, 1.54) is 12.1 Å². The van der Waals surface area contributed by atoms with E-state index in [1.807, 2.05) is 6.92 Å². The Labute approximate surface area is 112 Å². The molecule has 2 rings (SSSR count). The van der Waals surface area contributed by atoms with Crippen molar-refractivity contribution in [3.8, 4) is 0 Å². The minimum atomic E-state index is -0.559. The molecule has 2 N–H and O–H groups in total. The lowest BCUT2D eigenvalue weighted by atomic mass is 9.86. The molecule has 1 saturated carbocycles. The largest absolute Gasteiger partial charge is 0.393 e. The molecule has 1 aromatic carbocycles. The highest BCUT2D eigenvalue weighted by Gasteiger charge is 2.23. The molecule has 3 atom stereocenters. The van der Waals surface area contributed by atoms with Crippen molar-refractivity contribution in [1.82, 2.24) is 5.32 Å². The van der Waals surface area contributed by atoms with Crippen molar-refractivity contribution < 1.29 is 13.9 Å². The van der Waals surface area contributed by atoms with E-state index >= 15 is 0 Å². The Hall–Kier alpha value is -1.00. The lowest BCUT2D eigenvalue weighted by molar-refractivity contribution is 0.0683. The molecule has 106 valence electrons. The summed E-state index contributed by atoms with van der Waals surface area (Å²) < 4.78 is 26.5. The molecule has 19 heavy (non-hydrogen) atoms. The normalized spacial score (nSPS) is 25.3. The van der Waals surface area contributed by atoms with Gasteiger partial charge in [0.25, 0.3) is 0 Å². The quantitative estimate of drug-likeness (QED) is 0.880. The van der Waals surface area contributed by atoms with Crippen LogP contribution >= 0.6 is 0 Å². The summed E-state index contributed by atoms with van der Waals surface area (Å²) in [5, 5.41) is 13.1. The monoisotopic (exact) mass is 269 g/mol. The van der Waals surface area contributed by atoms with Gasteiger partial charge >= 0.3 is 0 Å². The first kappa shape index (κ1) is 14.4. The van der Waals surface area contributed by atoms with Gasteiger partial charge in [-0.2, -0.15) is 0 Å². The maximum atomic E-state index is 13.6. The third kappa shape index (κ3) is 3.74. The van der Waals surface area contributed by atoms with Crippen LogP contribution in [-0.4, -0.2) is 17.8 Å². The van der Waals surface area contributed by atoms with Gasteiger partial charge in [0.2, 0.25) is 0 Å². The average Bonchev–Trinajstić information content (AvgIpc) is 2.37. The van der Waals surface area contributed by atoms with Crippen LogP contribution in [0.4, 0.5) is 8.78 Å².